The summed E-state index contributed by atoms with van der Waals surface area (Å²) in [4.78, 5) is 16.7. The molecule has 2 amide bonds. The first-order valence-electron chi connectivity index (χ1n) is 7.50. The van der Waals surface area contributed by atoms with Crippen LogP contribution in [0.25, 0.3) is 0 Å². The van der Waals surface area contributed by atoms with Crippen LogP contribution in [0.1, 0.15) is 32.6 Å². The van der Waals surface area contributed by atoms with Gasteiger partial charge >= 0.3 is 6.03 Å². The molecule has 4 aliphatic rings. The first-order valence-corrected chi connectivity index (χ1v) is 7.50. The van der Waals surface area contributed by atoms with E-state index in [1.54, 1.807) is 0 Å². The van der Waals surface area contributed by atoms with Gasteiger partial charge in [-0.3, -0.25) is 0 Å². The molecule has 0 radical (unpaired) electrons. The molecule has 0 spiro atoms. The molecule has 4 aliphatic heterocycles. The molecule has 0 saturated carbocycles. The van der Waals surface area contributed by atoms with Crippen molar-refractivity contribution in [3.05, 3.63) is 0 Å². The molecular weight excluding hydrogens is 226 g/mol. The Kier molecular flexibility index (Phi) is 3.46. The third-order valence-electron chi connectivity index (χ3n) is 5.04. The maximum Gasteiger partial charge on any atom is 0.317 e. The topological polar surface area (TPSA) is 35.6 Å². The molecule has 18 heavy (non-hydrogen) atoms. The molecule has 2 bridgehead atoms. The summed E-state index contributed by atoms with van der Waals surface area (Å²) in [5.74, 6) is 1.51. The van der Waals surface area contributed by atoms with Gasteiger partial charge in [-0.2, -0.15) is 0 Å². The number of carbonyl (C=O) groups is 1. The van der Waals surface area contributed by atoms with Crippen LogP contribution in [0.4, 0.5) is 4.79 Å². The second kappa shape index (κ2) is 5.08. The smallest absolute Gasteiger partial charge is 0.317 e. The van der Waals surface area contributed by atoms with E-state index in [9.17, 15) is 4.79 Å². The summed E-state index contributed by atoms with van der Waals surface area (Å²) in [7, 11) is 0. The van der Waals surface area contributed by atoms with Crippen molar-refractivity contribution in [3.63, 3.8) is 0 Å². The molecule has 1 atom stereocenters. The number of amides is 2. The summed E-state index contributed by atoms with van der Waals surface area (Å²) < 4.78 is 0. The largest absolute Gasteiger partial charge is 0.334 e. The number of fused-ring (bicyclic) bond motifs is 3. The van der Waals surface area contributed by atoms with Crippen LogP contribution in [0.15, 0.2) is 0 Å². The van der Waals surface area contributed by atoms with Gasteiger partial charge in [0.2, 0.25) is 0 Å². The Morgan fingerprint density at radius 2 is 1.72 bits per heavy atom. The normalized spacial score (nSPS) is 36.7. The summed E-state index contributed by atoms with van der Waals surface area (Å²) in [5.41, 5.74) is 0. The number of rotatable bonds is 1. The SMILES string of the molecule is CC1CCN(C(=O)NC2CN3CCC2CC3)CC1. The first-order chi connectivity index (χ1) is 8.72. The number of likely N-dealkylation sites (tertiary alicyclic amines) is 1. The van der Waals surface area contributed by atoms with Gasteiger partial charge in [-0.1, -0.05) is 6.92 Å². The summed E-state index contributed by atoms with van der Waals surface area (Å²) in [5, 5.41) is 3.28. The van der Waals surface area contributed by atoms with E-state index in [2.05, 4.69) is 17.1 Å². The minimum atomic E-state index is 0.181. The van der Waals surface area contributed by atoms with Crippen molar-refractivity contribution in [2.75, 3.05) is 32.7 Å². The molecule has 0 aromatic heterocycles. The van der Waals surface area contributed by atoms with Gasteiger partial charge in [0, 0.05) is 25.7 Å². The van der Waals surface area contributed by atoms with Crippen LogP contribution in [0.3, 0.4) is 0 Å². The number of urea groups is 1. The van der Waals surface area contributed by atoms with Crippen molar-refractivity contribution in [1.82, 2.24) is 15.1 Å². The van der Waals surface area contributed by atoms with Crippen LogP contribution in [-0.4, -0.2) is 54.6 Å². The van der Waals surface area contributed by atoms with Crippen LogP contribution in [-0.2, 0) is 0 Å². The van der Waals surface area contributed by atoms with E-state index in [4.69, 9.17) is 0 Å². The Morgan fingerprint density at radius 1 is 1.06 bits per heavy atom. The van der Waals surface area contributed by atoms with Gasteiger partial charge in [-0.05, 0) is 50.6 Å². The monoisotopic (exact) mass is 251 g/mol. The molecule has 1 N–H and O–H groups in total. The lowest BCUT2D eigenvalue weighted by atomic mass is 9.84. The maximum atomic E-state index is 12.2. The van der Waals surface area contributed by atoms with E-state index in [0.29, 0.717) is 6.04 Å². The van der Waals surface area contributed by atoms with Crippen LogP contribution in [0, 0.1) is 11.8 Å². The summed E-state index contributed by atoms with van der Waals surface area (Å²) in [6.07, 6.45) is 4.85. The summed E-state index contributed by atoms with van der Waals surface area (Å²) in [6, 6.07) is 0.583. The highest BCUT2D eigenvalue weighted by molar-refractivity contribution is 5.74. The fourth-order valence-corrected chi connectivity index (χ4v) is 3.59. The van der Waals surface area contributed by atoms with Gasteiger partial charge in [0.15, 0.2) is 0 Å². The zero-order chi connectivity index (χ0) is 12.5. The zero-order valence-corrected chi connectivity index (χ0v) is 11.4. The maximum absolute atomic E-state index is 12.2. The second-order valence-corrected chi connectivity index (χ2v) is 6.36. The van der Waals surface area contributed by atoms with E-state index >= 15 is 0 Å². The summed E-state index contributed by atoms with van der Waals surface area (Å²) in [6.45, 7) is 7.70. The van der Waals surface area contributed by atoms with E-state index in [-0.39, 0.29) is 6.03 Å². The Balaban J connectivity index is 1.52. The fourth-order valence-electron chi connectivity index (χ4n) is 3.59. The standard InChI is InChI=1S/C14H25N3O/c1-11-2-8-17(9-3-11)14(18)15-13-10-16-6-4-12(13)5-7-16/h11-13H,2-10H2,1H3,(H,15,18). The Hall–Kier alpha value is -0.770. The number of hydrogen-bond donors (Lipinski definition) is 1. The van der Waals surface area contributed by atoms with Gasteiger partial charge < -0.3 is 15.1 Å². The van der Waals surface area contributed by atoms with Gasteiger partial charge in [0.05, 0.1) is 0 Å². The van der Waals surface area contributed by atoms with Crippen LogP contribution >= 0.6 is 0 Å². The minimum absolute atomic E-state index is 0.181. The van der Waals surface area contributed by atoms with Gasteiger partial charge in [-0.15, -0.1) is 0 Å². The van der Waals surface area contributed by atoms with Gasteiger partial charge in [0.1, 0.15) is 0 Å². The molecule has 0 aromatic rings. The van der Waals surface area contributed by atoms with Gasteiger partial charge in [-0.25, -0.2) is 4.79 Å². The first kappa shape index (κ1) is 12.3. The van der Waals surface area contributed by atoms with Crippen molar-refractivity contribution in [1.29, 1.82) is 0 Å². The van der Waals surface area contributed by atoms with Crippen LogP contribution < -0.4 is 5.32 Å². The predicted molar refractivity (Wildman–Crippen MR) is 71.5 cm³/mol. The Bertz CT molecular complexity index is 304. The lowest BCUT2D eigenvalue weighted by molar-refractivity contribution is 0.0716. The molecule has 4 heterocycles. The number of carbonyl (C=O) groups excluding carboxylic acids is 1. The zero-order valence-electron chi connectivity index (χ0n) is 11.4. The fraction of sp³-hybridized carbons (Fsp3) is 0.929. The third-order valence-corrected chi connectivity index (χ3v) is 5.04. The number of piperidine rings is 4. The quantitative estimate of drug-likeness (QED) is 0.767. The number of hydrogen-bond acceptors (Lipinski definition) is 2. The average Bonchev–Trinajstić information content (AvgIpc) is 2.41. The van der Waals surface area contributed by atoms with E-state index in [1.165, 1.54) is 25.9 Å². The lowest BCUT2D eigenvalue weighted by Gasteiger charge is -2.45. The minimum Gasteiger partial charge on any atom is -0.334 e. The van der Waals surface area contributed by atoms with Crippen molar-refractivity contribution < 1.29 is 4.79 Å². The Labute approximate surface area is 110 Å². The van der Waals surface area contributed by atoms with Gasteiger partial charge in [0.25, 0.3) is 0 Å². The lowest BCUT2D eigenvalue weighted by Crippen LogP contribution is -2.59. The van der Waals surface area contributed by atoms with Crippen molar-refractivity contribution >= 4 is 6.03 Å². The van der Waals surface area contributed by atoms with Crippen molar-refractivity contribution in [3.8, 4) is 0 Å². The molecule has 4 rings (SSSR count). The second-order valence-electron chi connectivity index (χ2n) is 6.36. The van der Waals surface area contributed by atoms with Crippen LogP contribution in [0.2, 0.25) is 0 Å². The molecule has 0 aliphatic carbocycles. The number of nitrogens with one attached hydrogen (secondary N) is 1. The third kappa shape index (κ3) is 2.48. The average molecular weight is 251 g/mol. The highest BCUT2D eigenvalue weighted by Gasteiger charge is 2.35. The van der Waals surface area contributed by atoms with E-state index in [1.807, 2.05) is 4.90 Å². The highest BCUT2D eigenvalue weighted by Crippen LogP contribution is 2.27. The number of nitrogens with zero attached hydrogens (tertiary/aromatic N) is 2. The van der Waals surface area contributed by atoms with Crippen molar-refractivity contribution in [2.24, 2.45) is 11.8 Å². The van der Waals surface area contributed by atoms with Crippen molar-refractivity contribution in [2.45, 2.75) is 38.6 Å². The van der Waals surface area contributed by atoms with E-state index in [0.717, 1.165) is 44.3 Å². The molecule has 4 heteroatoms. The molecule has 102 valence electrons. The summed E-state index contributed by atoms with van der Waals surface area (Å²) >= 11 is 0. The molecule has 4 fully saturated rings. The predicted octanol–water partition coefficient (Wildman–Crippen LogP) is 1.52. The van der Waals surface area contributed by atoms with Crippen LogP contribution in [0.5, 0.6) is 0 Å². The van der Waals surface area contributed by atoms with E-state index < -0.39 is 0 Å². The Morgan fingerprint density at radius 3 is 2.28 bits per heavy atom. The molecular formula is C14H25N3O. The highest BCUT2D eigenvalue weighted by atomic mass is 16.2. The molecule has 1 unspecified atom stereocenters. The molecule has 4 saturated heterocycles. The molecule has 0 aromatic carbocycles. The molecule has 4 nitrogen and oxygen atoms in total.